The summed E-state index contributed by atoms with van der Waals surface area (Å²) >= 11 is 0. The van der Waals surface area contributed by atoms with Crippen LogP contribution in [0.1, 0.15) is 5.56 Å². The number of rotatable bonds is 5. The normalized spacial score (nSPS) is 11.8. The molecule has 0 saturated heterocycles. The molecule has 0 aliphatic heterocycles. The highest BCUT2D eigenvalue weighted by atomic mass is 32.2. The summed E-state index contributed by atoms with van der Waals surface area (Å²) in [5.74, 6) is -0.544. The number of hydrogen-bond donors (Lipinski definition) is 1. The molecule has 0 bridgehead atoms. The molecule has 0 saturated carbocycles. The first kappa shape index (κ1) is 18.1. The zero-order valence-corrected chi connectivity index (χ0v) is 15.7. The van der Waals surface area contributed by atoms with E-state index < -0.39 is 15.8 Å². The standard InChI is InChI=1S/C19H16N4O4S/c1-23-17-10-15(4-5-18(17)27-19(23)24)28(25,26)22-11-13-6-8-21-16(9-13)14-3-2-7-20-12-14/h2-10,12,22H,11H2,1H3. The number of oxazole rings is 1. The van der Waals surface area contributed by atoms with Gasteiger partial charge in [-0.1, -0.05) is 0 Å². The molecule has 142 valence electrons. The van der Waals surface area contributed by atoms with Crippen LogP contribution in [0.3, 0.4) is 0 Å². The number of nitrogens with zero attached hydrogens (tertiary/aromatic N) is 3. The number of fused-ring (bicyclic) bond motifs is 1. The number of aromatic nitrogens is 3. The molecule has 0 aliphatic rings. The third kappa shape index (κ3) is 3.45. The average molecular weight is 396 g/mol. The lowest BCUT2D eigenvalue weighted by Crippen LogP contribution is -2.23. The molecule has 0 aliphatic carbocycles. The third-order valence-electron chi connectivity index (χ3n) is 4.32. The van der Waals surface area contributed by atoms with Gasteiger partial charge in [-0.05, 0) is 48.0 Å². The highest BCUT2D eigenvalue weighted by molar-refractivity contribution is 7.89. The molecule has 0 unspecified atom stereocenters. The Bertz CT molecular complexity index is 1310. The second kappa shape index (κ2) is 7.02. The van der Waals surface area contributed by atoms with Crippen molar-refractivity contribution in [1.82, 2.24) is 19.3 Å². The van der Waals surface area contributed by atoms with Crippen molar-refractivity contribution in [2.45, 2.75) is 11.4 Å². The second-order valence-corrected chi connectivity index (χ2v) is 7.94. The number of aryl methyl sites for hydroxylation is 1. The van der Waals surface area contributed by atoms with Gasteiger partial charge < -0.3 is 4.42 Å². The lowest BCUT2D eigenvalue weighted by Gasteiger charge is -2.08. The first-order valence-corrected chi connectivity index (χ1v) is 9.87. The minimum atomic E-state index is -3.77. The Labute approximate surface area is 160 Å². The number of pyridine rings is 2. The van der Waals surface area contributed by atoms with E-state index >= 15 is 0 Å². The summed E-state index contributed by atoms with van der Waals surface area (Å²) < 4.78 is 34.2. The molecule has 28 heavy (non-hydrogen) atoms. The lowest BCUT2D eigenvalue weighted by molar-refractivity contribution is 0.528. The van der Waals surface area contributed by atoms with Crippen molar-refractivity contribution in [2.24, 2.45) is 7.05 Å². The Morgan fingerprint density at radius 2 is 2.00 bits per heavy atom. The van der Waals surface area contributed by atoms with Crippen LogP contribution in [0, 0.1) is 0 Å². The van der Waals surface area contributed by atoms with Crippen LogP contribution in [-0.2, 0) is 23.6 Å². The Morgan fingerprint density at radius 1 is 1.14 bits per heavy atom. The second-order valence-electron chi connectivity index (χ2n) is 6.17. The van der Waals surface area contributed by atoms with Crippen LogP contribution in [-0.4, -0.2) is 23.0 Å². The highest BCUT2D eigenvalue weighted by Gasteiger charge is 2.17. The predicted molar refractivity (Wildman–Crippen MR) is 103 cm³/mol. The van der Waals surface area contributed by atoms with E-state index in [2.05, 4.69) is 14.7 Å². The van der Waals surface area contributed by atoms with Gasteiger partial charge in [0.05, 0.1) is 16.1 Å². The molecule has 0 spiro atoms. The first-order chi connectivity index (χ1) is 13.4. The molecular weight excluding hydrogens is 380 g/mol. The lowest BCUT2D eigenvalue weighted by atomic mass is 10.1. The summed E-state index contributed by atoms with van der Waals surface area (Å²) in [5.41, 5.74) is 3.06. The molecule has 1 aromatic carbocycles. The van der Waals surface area contributed by atoms with Crippen LogP contribution in [0.2, 0.25) is 0 Å². The molecule has 0 radical (unpaired) electrons. The smallest absolute Gasteiger partial charge is 0.408 e. The van der Waals surface area contributed by atoms with Gasteiger partial charge in [-0.2, -0.15) is 0 Å². The molecular formula is C19H16N4O4S. The Kier molecular flexibility index (Phi) is 4.54. The minimum absolute atomic E-state index is 0.0536. The van der Waals surface area contributed by atoms with Crippen molar-refractivity contribution in [1.29, 1.82) is 0 Å². The van der Waals surface area contributed by atoms with Crippen molar-refractivity contribution in [3.63, 3.8) is 0 Å². The van der Waals surface area contributed by atoms with Crippen molar-refractivity contribution in [3.05, 3.63) is 77.2 Å². The number of benzene rings is 1. The van der Waals surface area contributed by atoms with Crippen molar-refractivity contribution in [3.8, 4) is 11.3 Å². The first-order valence-electron chi connectivity index (χ1n) is 8.39. The number of nitrogens with one attached hydrogen (secondary N) is 1. The Morgan fingerprint density at radius 3 is 2.79 bits per heavy atom. The molecule has 8 nitrogen and oxygen atoms in total. The van der Waals surface area contributed by atoms with Gasteiger partial charge in [-0.15, -0.1) is 0 Å². The zero-order chi connectivity index (χ0) is 19.7. The van der Waals surface area contributed by atoms with E-state index in [0.717, 1.165) is 11.1 Å². The minimum Gasteiger partial charge on any atom is -0.408 e. The van der Waals surface area contributed by atoms with E-state index in [9.17, 15) is 13.2 Å². The van der Waals surface area contributed by atoms with Crippen molar-refractivity contribution < 1.29 is 12.8 Å². The maximum absolute atomic E-state index is 12.7. The van der Waals surface area contributed by atoms with E-state index in [0.29, 0.717) is 16.8 Å². The van der Waals surface area contributed by atoms with E-state index in [1.54, 1.807) is 24.7 Å². The molecule has 0 fully saturated rings. The third-order valence-corrected chi connectivity index (χ3v) is 5.72. The molecule has 1 N–H and O–H groups in total. The van der Waals surface area contributed by atoms with E-state index in [1.807, 2.05) is 18.2 Å². The van der Waals surface area contributed by atoms with Crippen molar-refractivity contribution >= 4 is 21.1 Å². The van der Waals surface area contributed by atoms with Gasteiger partial charge in [-0.3, -0.25) is 14.5 Å². The van der Waals surface area contributed by atoms with Gasteiger partial charge in [0, 0.05) is 37.7 Å². The van der Waals surface area contributed by atoms with Gasteiger partial charge in [-0.25, -0.2) is 17.9 Å². The molecule has 0 atom stereocenters. The fraction of sp³-hybridized carbons (Fsp3) is 0.105. The van der Waals surface area contributed by atoms with Gasteiger partial charge in [0.25, 0.3) is 0 Å². The highest BCUT2D eigenvalue weighted by Crippen LogP contribution is 2.19. The van der Waals surface area contributed by atoms with Gasteiger partial charge in [0.2, 0.25) is 10.0 Å². The Hall–Kier alpha value is -3.30. The summed E-state index contributed by atoms with van der Waals surface area (Å²) in [7, 11) is -2.25. The van der Waals surface area contributed by atoms with Crippen LogP contribution < -0.4 is 10.5 Å². The van der Waals surface area contributed by atoms with Gasteiger partial charge in [0.15, 0.2) is 5.58 Å². The summed E-state index contributed by atoms with van der Waals surface area (Å²) in [5, 5.41) is 0. The Balaban J connectivity index is 1.58. The molecule has 3 aromatic heterocycles. The van der Waals surface area contributed by atoms with Crippen LogP contribution in [0.25, 0.3) is 22.4 Å². The van der Waals surface area contributed by atoms with Crippen LogP contribution in [0.15, 0.2) is 75.2 Å². The molecule has 4 rings (SSSR count). The molecule has 3 heterocycles. The largest absolute Gasteiger partial charge is 0.419 e. The quantitative estimate of drug-likeness (QED) is 0.553. The van der Waals surface area contributed by atoms with Crippen LogP contribution in [0.4, 0.5) is 0 Å². The maximum atomic E-state index is 12.7. The van der Waals surface area contributed by atoms with Crippen molar-refractivity contribution in [2.75, 3.05) is 0 Å². The summed E-state index contributed by atoms with van der Waals surface area (Å²) in [6.45, 7) is 0.0977. The number of sulfonamides is 1. The fourth-order valence-corrected chi connectivity index (χ4v) is 3.83. The van der Waals surface area contributed by atoms with E-state index in [1.165, 1.54) is 29.8 Å². The van der Waals surface area contributed by atoms with Crippen LogP contribution in [0.5, 0.6) is 0 Å². The van der Waals surface area contributed by atoms with E-state index in [-0.39, 0.29) is 11.4 Å². The molecule has 4 aromatic rings. The maximum Gasteiger partial charge on any atom is 0.419 e. The molecule has 9 heteroatoms. The SMILES string of the molecule is Cn1c(=O)oc2ccc(S(=O)(=O)NCc3ccnc(-c4cccnc4)c3)cc21. The monoisotopic (exact) mass is 396 g/mol. The topological polar surface area (TPSA) is 107 Å². The number of hydrogen-bond acceptors (Lipinski definition) is 6. The summed E-state index contributed by atoms with van der Waals surface area (Å²) in [6.07, 6.45) is 4.99. The van der Waals surface area contributed by atoms with Gasteiger partial charge >= 0.3 is 5.76 Å². The van der Waals surface area contributed by atoms with Crippen LogP contribution >= 0.6 is 0 Å². The predicted octanol–water partition coefficient (Wildman–Crippen LogP) is 2.07. The average Bonchev–Trinajstić information content (AvgIpc) is 3.01. The van der Waals surface area contributed by atoms with E-state index in [4.69, 9.17) is 4.42 Å². The summed E-state index contributed by atoms with van der Waals surface area (Å²) in [4.78, 5) is 20.0. The summed E-state index contributed by atoms with van der Waals surface area (Å²) in [6, 6.07) is 11.5. The fourth-order valence-electron chi connectivity index (χ4n) is 2.79. The zero-order valence-electron chi connectivity index (χ0n) is 14.9. The van der Waals surface area contributed by atoms with Gasteiger partial charge in [0.1, 0.15) is 0 Å². The molecule has 0 amide bonds.